The van der Waals surface area contributed by atoms with Gasteiger partial charge < -0.3 is 14.4 Å². The molecule has 0 spiro atoms. The second-order valence-electron chi connectivity index (χ2n) is 6.67. The number of ether oxygens (including phenoxy) is 2. The Morgan fingerprint density at radius 3 is 2.62 bits per heavy atom. The number of methoxy groups -OCH3 is 1. The Morgan fingerprint density at radius 2 is 2.04 bits per heavy atom. The summed E-state index contributed by atoms with van der Waals surface area (Å²) in [7, 11) is 3.78. The molecule has 0 radical (unpaired) electrons. The predicted octanol–water partition coefficient (Wildman–Crippen LogP) is 3.07. The molecule has 0 saturated carbocycles. The number of piperazine rings is 1. The van der Waals surface area contributed by atoms with Crippen molar-refractivity contribution in [2.45, 2.75) is 45.4 Å². The van der Waals surface area contributed by atoms with E-state index in [1.165, 1.54) is 0 Å². The molecule has 1 aromatic rings. The number of hydrogen-bond acceptors (Lipinski definition) is 5. The molecule has 0 bridgehead atoms. The average Bonchev–Trinajstić information content (AvgIpc) is 2.56. The molecular formula is C19H29N3O2. The van der Waals surface area contributed by atoms with Crippen molar-refractivity contribution in [3.8, 4) is 17.6 Å². The van der Waals surface area contributed by atoms with Gasteiger partial charge in [-0.2, -0.15) is 5.26 Å². The van der Waals surface area contributed by atoms with Gasteiger partial charge in [-0.25, -0.2) is 0 Å². The van der Waals surface area contributed by atoms with Gasteiger partial charge in [0.05, 0.1) is 19.3 Å². The van der Waals surface area contributed by atoms with Gasteiger partial charge in [-0.15, -0.1) is 0 Å². The van der Waals surface area contributed by atoms with Crippen LogP contribution in [-0.4, -0.2) is 55.7 Å². The summed E-state index contributed by atoms with van der Waals surface area (Å²) in [4.78, 5) is 4.65. The zero-order chi connectivity index (χ0) is 17.7. The van der Waals surface area contributed by atoms with Gasteiger partial charge in [0.15, 0.2) is 11.5 Å². The van der Waals surface area contributed by atoms with E-state index < -0.39 is 0 Å². The number of likely N-dealkylation sites (N-methyl/N-ethyl adjacent to an activating group) is 1. The lowest BCUT2D eigenvalue weighted by molar-refractivity contribution is 0.0674. The molecule has 0 aliphatic carbocycles. The van der Waals surface area contributed by atoms with E-state index >= 15 is 0 Å². The smallest absolute Gasteiger partial charge is 0.161 e. The molecule has 132 valence electrons. The van der Waals surface area contributed by atoms with Crippen molar-refractivity contribution in [1.29, 1.82) is 5.26 Å². The van der Waals surface area contributed by atoms with E-state index in [9.17, 15) is 5.26 Å². The summed E-state index contributed by atoms with van der Waals surface area (Å²) in [5.74, 6) is 1.40. The van der Waals surface area contributed by atoms with Crippen LogP contribution >= 0.6 is 0 Å². The van der Waals surface area contributed by atoms with Crippen LogP contribution in [-0.2, 0) is 0 Å². The Labute approximate surface area is 145 Å². The molecule has 5 heteroatoms. The van der Waals surface area contributed by atoms with E-state index in [2.05, 4.69) is 29.8 Å². The molecule has 2 atom stereocenters. The van der Waals surface area contributed by atoms with Crippen LogP contribution in [0.4, 0.5) is 0 Å². The van der Waals surface area contributed by atoms with Gasteiger partial charge in [-0.05, 0) is 45.0 Å². The molecule has 1 aliphatic heterocycles. The average molecular weight is 331 g/mol. The highest BCUT2D eigenvalue weighted by molar-refractivity contribution is 5.45. The zero-order valence-corrected chi connectivity index (χ0v) is 15.5. The fourth-order valence-electron chi connectivity index (χ4n) is 3.28. The SMILES string of the molecule is CCC1CN(C)CCN1C(C#N)c1ccc(OC)c(OC(C)C)c1. The number of nitriles is 1. The maximum Gasteiger partial charge on any atom is 0.161 e. The lowest BCUT2D eigenvalue weighted by atomic mass is 10.0. The van der Waals surface area contributed by atoms with Crippen LogP contribution in [0.25, 0.3) is 0 Å². The molecule has 0 N–H and O–H groups in total. The summed E-state index contributed by atoms with van der Waals surface area (Å²) in [5.41, 5.74) is 0.969. The third kappa shape index (κ3) is 4.19. The van der Waals surface area contributed by atoms with E-state index in [4.69, 9.17) is 9.47 Å². The first kappa shape index (κ1) is 18.6. The minimum absolute atomic E-state index is 0.0571. The maximum atomic E-state index is 9.83. The third-order valence-corrected chi connectivity index (χ3v) is 4.52. The highest BCUT2D eigenvalue weighted by Gasteiger charge is 2.31. The normalized spacial score (nSPS) is 20.6. The van der Waals surface area contributed by atoms with Crippen LogP contribution < -0.4 is 9.47 Å². The van der Waals surface area contributed by atoms with Crippen molar-refractivity contribution >= 4 is 0 Å². The Balaban J connectivity index is 2.31. The van der Waals surface area contributed by atoms with Crippen molar-refractivity contribution in [2.24, 2.45) is 0 Å². The summed E-state index contributed by atoms with van der Waals surface area (Å²) >= 11 is 0. The van der Waals surface area contributed by atoms with Gasteiger partial charge in [0.2, 0.25) is 0 Å². The fourth-order valence-corrected chi connectivity index (χ4v) is 3.28. The molecule has 1 aliphatic rings. The van der Waals surface area contributed by atoms with Crippen LogP contribution in [0.2, 0.25) is 0 Å². The largest absolute Gasteiger partial charge is 0.493 e. The topological polar surface area (TPSA) is 48.7 Å². The van der Waals surface area contributed by atoms with E-state index in [-0.39, 0.29) is 12.1 Å². The minimum Gasteiger partial charge on any atom is -0.493 e. The second kappa shape index (κ2) is 8.36. The van der Waals surface area contributed by atoms with E-state index in [1.807, 2.05) is 32.0 Å². The first-order valence-electron chi connectivity index (χ1n) is 8.68. The monoisotopic (exact) mass is 331 g/mol. The van der Waals surface area contributed by atoms with Crippen molar-refractivity contribution in [3.63, 3.8) is 0 Å². The zero-order valence-electron chi connectivity index (χ0n) is 15.5. The fraction of sp³-hybridized carbons (Fsp3) is 0.632. The summed E-state index contributed by atoms with van der Waals surface area (Å²) < 4.78 is 11.3. The van der Waals surface area contributed by atoms with Gasteiger partial charge in [-0.1, -0.05) is 13.0 Å². The molecular weight excluding hydrogens is 302 g/mol. The highest BCUT2D eigenvalue weighted by Crippen LogP contribution is 2.34. The van der Waals surface area contributed by atoms with Crippen LogP contribution in [0.1, 0.15) is 38.8 Å². The van der Waals surface area contributed by atoms with Crippen molar-refractivity contribution in [2.75, 3.05) is 33.8 Å². The summed E-state index contributed by atoms with van der Waals surface area (Å²) in [6.45, 7) is 9.05. The van der Waals surface area contributed by atoms with E-state index in [0.29, 0.717) is 17.5 Å². The molecule has 1 saturated heterocycles. The molecule has 0 aromatic heterocycles. The predicted molar refractivity (Wildman–Crippen MR) is 95.4 cm³/mol. The summed E-state index contributed by atoms with van der Waals surface area (Å²) in [5, 5.41) is 9.83. The van der Waals surface area contributed by atoms with Crippen LogP contribution in [0.3, 0.4) is 0 Å². The lowest BCUT2D eigenvalue weighted by Gasteiger charge is -2.42. The molecule has 2 rings (SSSR count). The van der Waals surface area contributed by atoms with E-state index in [1.54, 1.807) is 7.11 Å². The van der Waals surface area contributed by atoms with Crippen LogP contribution in [0.15, 0.2) is 18.2 Å². The van der Waals surface area contributed by atoms with Crippen LogP contribution in [0.5, 0.6) is 11.5 Å². The van der Waals surface area contributed by atoms with Crippen molar-refractivity contribution in [1.82, 2.24) is 9.80 Å². The highest BCUT2D eigenvalue weighted by atomic mass is 16.5. The maximum absolute atomic E-state index is 9.83. The van der Waals surface area contributed by atoms with Gasteiger partial charge in [0.1, 0.15) is 6.04 Å². The van der Waals surface area contributed by atoms with Crippen molar-refractivity contribution in [3.05, 3.63) is 23.8 Å². The second-order valence-corrected chi connectivity index (χ2v) is 6.67. The number of nitrogens with zero attached hydrogens (tertiary/aromatic N) is 3. The Kier molecular flexibility index (Phi) is 6.47. The number of rotatable bonds is 6. The molecule has 5 nitrogen and oxygen atoms in total. The minimum atomic E-state index is -0.260. The standard InChI is InChI=1S/C19H29N3O2/c1-6-16-13-21(4)9-10-22(16)17(12-20)15-7-8-18(23-5)19(11-15)24-14(2)3/h7-8,11,14,16-17H,6,9-10,13H2,1-5H3. The summed E-state index contributed by atoms with van der Waals surface area (Å²) in [6.07, 6.45) is 1.09. The molecule has 1 aromatic carbocycles. The lowest BCUT2D eigenvalue weighted by Crippen LogP contribution is -2.52. The Hall–Kier alpha value is -1.77. The number of benzene rings is 1. The third-order valence-electron chi connectivity index (χ3n) is 4.52. The molecule has 24 heavy (non-hydrogen) atoms. The first-order chi connectivity index (χ1) is 11.5. The van der Waals surface area contributed by atoms with Gasteiger partial charge in [0.25, 0.3) is 0 Å². The molecule has 2 unspecified atom stereocenters. The quantitative estimate of drug-likeness (QED) is 0.802. The van der Waals surface area contributed by atoms with Crippen LogP contribution in [0, 0.1) is 11.3 Å². The Bertz CT molecular complexity index is 582. The molecule has 0 amide bonds. The number of hydrogen-bond donors (Lipinski definition) is 0. The van der Waals surface area contributed by atoms with Crippen molar-refractivity contribution < 1.29 is 9.47 Å². The molecule has 1 heterocycles. The summed E-state index contributed by atoms with van der Waals surface area (Å²) in [6, 6.07) is 8.46. The van der Waals surface area contributed by atoms with Gasteiger partial charge in [-0.3, -0.25) is 4.90 Å². The first-order valence-corrected chi connectivity index (χ1v) is 8.68. The molecule has 1 fully saturated rings. The van der Waals surface area contributed by atoms with E-state index in [0.717, 1.165) is 31.6 Å². The Morgan fingerprint density at radius 1 is 1.29 bits per heavy atom. The van der Waals surface area contributed by atoms with Gasteiger partial charge >= 0.3 is 0 Å². The van der Waals surface area contributed by atoms with Gasteiger partial charge in [0, 0.05) is 25.7 Å².